The first-order valence-corrected chi connectivity index (χ1v) is 9.67. The largest absolute Gasteiger partial charge is 0.323 e. The van der Waals surface area contributed by atoms with Gasteiger partial charge in [0.1, 0.15) is 5.82 Å². The Balaban J connectivity index is 1.55. The van der Waals surface area contributed by atoms with Crippen molar-refractivity contribution in [3.8, 4) is 0 Å². The number of benzene rings is 2. The number of hydrogen-bond acceptors (Lipinski definition) is 3. The van der Waals surface area contributed by atoms with Crippen LogP contribution in [0.3, 0.4) is 0 Å². The first-order valence-electron chi connectivity index (χ1n) is 9.29. The number of halogens is 2. The molecule has 1 amide bonds. The lowest BCUT2D eigenvalue weighted by Gasteiger charge is -2.27. The molecule has 4 nitrogen and oxygen atoms in total. The van der Waals surface area contributed by atoms with Crippen LogP contribution < -0.4 is 5.32 Å². The zero-order chi connectivity index (χ0) is 19.2. The number of nitrogens with zero attached hydrogens (tertiary/aromatic N) is 2. The third-order valence-corrected chi connectivity index (χ3v) is 5.30. The van der Waals surface area contributed by atoms with E-state index in [1.807, 2.05) is 13.0 Å². The summed E-state index contributed by atoms with van der Waals surface area (Å²) >= 11 is 6.01. The van der Waals surface area contributed by atoms with Crippen molar-refractivity contribution in [2.24, 2.45) is 0 Å². The van der Waals surface area contributed by atoms with Crippen LogP contribution in [0.1, 0.15) is 18.9 Å². The van der Waals surface area contributed by atoms with Gasteiger partial charge in [-0.1, -0.05) is 41.9 Å². The van der Waals surface area contributed by atoms with Crippen molar-refractivity contribution in [2.45, 2.75) is 25.9 Å². The maximum Gasteiger partial charge on any atom is 0.241 e. The van der Waals surface area contributed by atoms with Gasteiger partial charge in [-0.15, -0.1) is 0 Å². The molecule has 1 saturated heterocycles. The molecule has 1 unspecified atom stereocenters. The average molecular weight is 390 g/mol. The number of carbonyl (C=O) groups is 1. The Labute approximate surface area is 164 Å². The molecule has 3 rings (SSSR count). The first kappa shape index (κ1) is 19.8. The second-order valence-corrected chi connectivity index (χ2v) is 7.35. The van der Waals surface area contributed by atoms with Crippen LogP contribution >= 0.6 is 11.6 Å². The predicted molar refractivity (Wildman–Crippen MR) is 107 cm³/mol. The highest BCUT2D eigenvalue weighted by atomic mass is 35.5. The number of anilines is 1. The normalized spacial score (nSPS) is 17.3. The summed E-state index contributed by atoms with van der Waals surface area (Å²) in [5.74, 6) is -0.544. The molecule has 1 aliphatic heterocycles. The maximum atomic E-state index is 13.2. The highest BCUT2D eigenvalue weighted by Crippen LogP contribution is 2.23. The van der Waals surface area contributed by atoms with Crippen molar-refractivity contribution in [3.05, 3.63) is 64.9 Å². The summed E-state index contributed by atoms with van der Waals surface area (Å²) in [4.78, 5) is 17.2. The lowest BCUT2D eigenvalue weighted by molar-refractivity contribution is -0.120. The van der Waals surface area contributed by atoms with Gasteiger partial charge in [0.25, 0.3) is 0 Å². The molecule has 144 valence electrons. The second-order valence-electron chi connectivity index (χ2n) is 6.94. The fraction of sp³-hybridized carbons (Fsp3) is 0.381. The zero-order valence-corrected chi connectivity index (χ0v) is 16.3. The molecular weight excluding hydrogens is 365 g/mol. The number of nitrogens with one attached hydrogen (secondary N) is 1. The molecule has 2 aromatic carbocycles. The van der Waals surface area contributed by atoms with Gasteiger partial charge in [0.15, 0.2) is 0 Å². The Morgan fingerprint density at radius 3 is 2.67 bits per heavy atom. The number of hydrogen-bond donors (Lipinski definition) is 1. The van der Waals surface area contributed by atoms with Gasteiger partial charge < -0.3 is 5.32 Å². The lowest BCUT2D eigenvalue weighted by atomic mass is 10.2. The van der Waals surface area contributed by atoms with Gasteiger partial charge in [0.05, 0.1) is 16.8 Å². The van der Waals surface area contributed by atoms with Gasteiger partial charge in [-0.05, 0) is 43.7 Å². The van der Waals surface area contributed by atoms with E-state index in [1.165, 1.54) is 23.8 Å². The molecule has 1 atom stereocenters. The van der Waals surface area contributed by atoms with E-state index in [4.69, 9.17) is 11.6 Å². The van der Waals surface area contributed by atoms with Crippen molar-refractivity contribution in [1.82, 2.24) is 9.80 Å². The van der Waals surface area contributed by atoms with E-state index < -0.39 is 5.82 Å². The predicted octanol–water partition coefficient (Wildman–Crippen LogP) is 4.01. The van der Waals surface area contributed by atoms with Crippen molar-refractivity contribution in [1.29, 1.82) is 0 Å². The minimum absolute atomic E-state index is 0.125. The molecule has 1 heterocycles. The van der Waals surface area contributed by atoms with Crippen LogP contribution in [0.25, 0.3) is 0 Å². The van der Waals surface area contributed by atoms with Crippen LogP contribution in [0.4, 0.5) is 10.1 Å². The summed E-state index contributed by atoms with van der Waals surface area (Å²) in [5.41, 5.74) is 1.75. The lowest BCUT2D eigenvalue weighted by Crippen LogP contribution is -2.43. The van der Waals surface area contributed by atoms with E-state index in [0.29, 0.717) is 5.69 Å². The van der Waals surface area contributed by atoms with Crippen molar-refractivity contribution in [2.75, 3.05) is 31.5 Å². The van der Waals surface area contributed by atoms with E-state index in [9.17, 15) is 9.18 Å². The Kier molecular flexibility index (Phi) is 6.83. The number of rotatable bonds is 5. The first-order chi connectivity index (χ1) is 13.0. The highest BCUT2D eigenvalue weighted by Gasteiger charge is 2.24. The number of carbonyl (C=O) groups excluding carboxylic acids is 1. The SMILES string of the molecule is CC(C(=O)Nc1ccc(F)cc1Cl)N1CCCN(Cc2ccccc2)CC1. The zero-order valence-electron chi connectivity index (χ0n) is 15.5. The summed E-state index contributed by atoms with van der Waals surface area (Å²) < 4.78 is 13.2. The van der Waals surface area contributed by atoms with Crippen LogP contribution in [0.2, 0.25) is 5.02 Å². The van der Waals surface area contributed by atoms with E-state index >= 15 is 0 Å². The monoisotopic (exact) mass is 389 g/mol. The van der Waals surface area contributed by atoms with Gasteiger partial charge >= 0.3 is 0 Å². The Hall–Kier alpha value is -1.95. The van der Waals surface area contributed by atoms with Crippen LogP contribution in [0.5, 0.6) is 0 Å². The van der Waals surface area contributed by atoms with Crippen LogP contribution in [-0.4, -0.2) is 47.9 Å². The Morgan fingerprint density at radius 2 is 1.93 bits per heavy atom. The summed E-state index contributed by atoms with van der Waals surface area (Å²) in [6.07, 6.45) is 1.02. The summed E-state index contributed by atoms with van der Waals surface area (Å²) in [6.45, 7) is 6.48. The fourth-order valence-electron chi connectivity index (χ4n) is 3.37. The second kappa shape index (κ2) is 9.31. The Bertz CT molecular complexity index is 771. The van der Waals surface area contributed by atoms with Gasteiger partial charge in [-0.25, -0.2) is 4.39 Å². The van der Waals surface area contributed by atoms with Crippen LogP contribution in [-0.2, 0) is 11.3 Å². The molecule has 0 bridgehead atoms. The fourth-order valence-corrected chi connectivity index (χ4v) is 3.59. The van der Waals surface area contributed by atoms with Gasteiger partial charge in [-0.2, -0.15) is 0 Å². The average Bonchev–Trinajstić information content (AvgIpc) is 2.90. The van der Waals surface area contributed by atoms with E-state index in [1.54, 1.807) is 0 Å². The molecule has 0 saturated carbocycles. The molecular formula is C21H25ClFN3O. The van der Waals surface area contributed by atoms with E-state index in [-0.39, 0.29) is 17.0 Å². The molecule has 0 aromatic heterocycles. The molecule has 0 spiro atoms. The molecule has 1 N–H and O–H groups in total. The van der Waals surface area contributed by atoms with E-state index in [2.05, 4.69) is 39.4 Å². The van der Waals surface area contributed by atoms with Crippen LogP contribution in [0.15, 0.2) is 48.5 Å². The maximum absolute atomic E-state index is 13.2. The molecule has 1 aliphatic rings. The molecule has 27 heavy (non-hydrogen) atoms. The van der Waals surface area contributed by atoms with Crippen molar-refractivity contribution >= 4 is 23.2 Å². The minimum atomic E-state index is -0.419. The van der Waals surface area contributed by atoms with E-state index in [0.717, 1.165) is 39.1 Å². The molecule has 2 aromatic rings. The summed E-state index contributed by atoms with van der Waals surface area (Å²) in [5, 5.41) is 3.02. The van der Waals surface area contributed by atoms with Crippen LogP contribution in [0, 0.1) is 5.82 Å². The van der Waals surface area contributed by atoms with Gasteiger partial charge in [0.2, 0.25) is 5.91 Å². The molecule has 1 fully saturated rings. The third-order valence-electron chi connectivity index (χ3n) is 4.99. The van der Waals surface area contributed by atoms with Crippen molar-refractivity contribution in [3.63, 3.8) is 0 Å². The Morgan fingerprint density at radius 1 is 1.15 bits per heavy atom. The van der Waals surface area contributed by atoms with Gasteiger partial charge in [-0.3, -0.25) is 14.6 Å². The quantitative estimate of drug-likeness (QED) is 0.839. The highest BCUT2D eigenvalue weighted by molar-refractivity contribution is 6.33. The topological polar surface area (TPSA) is 35.6 Å². The molecule has 0 radical (unpaired) electrons. The van der Waals surface area contributed by atoms with Gasteiger partial charge in [0, 0.05) is 26.2 Å². The minimum Gasteiger partial charge on any atom is -0.323 e. The standard InChI is InChI=1S/C21H25ClFN3O/c1-16(21(27)24-20-9-8-18(23)14-19(20)22)26-11-5-10-25(12-13-26)15-17-6-3-2-4-7-17/h2-4,6-9,14,16H,5,10-13,15H2,1H3,(H,24,27). The molecule has 0 aliphatic carbocycles. The van der Waals surface area contributed by atoms with Crippen molar-refractivity contribution < 1.29 is 9.18 Å². The third kappa shape index (κ3) is 5.51. The summed E-state index contributed by atoms with van der Waals surface area (Å²) in [7, 11) is 0. The number of amides is 1. The molecule has 6 heteroatoms. The smallest absolute Gasteiger partial charge is 0.241 e. The summed E-state index contributed by atoms with van der Waals surface area (Å²) in [6, 6.07) is 14.2.